The van der Waals surface area contributed by atoms with Gasteiger partial charge in [-0.25, -0.2) is 0 Å². The first-order valence-corrected chi connectivity index (χ1v) is 14.0. The standard InChI is InChI=1S/C32H38N2O3/c1-31-18-17-27(36)33-26(31)16-13-22-23-14-15-24(32(23,2)19-25(35)28(22)31)30(37)34-29(20-9-5-3-6-10-20)21-11-7-4-8-12-21/h3-12,22-24,26,28-29H,13-19H2,1-2H3,(H,33,36)(H,34,37)/t22-,23-,24+,26+,28+,31-,32-/m0/s1. The molecule has 2 N–H and O–H groups in total. The maximum atomic E-state index is 14.0. The second kappa shape index (κ2) is 9.11. The predicted octanol–water partition coefficient (Wildman–Crippen LogP) is 5.21. The fourth-order valence-electron chi connectivity index (χ4n) is 8.85. The Balaban J connectivity index is 1.26. The minimum absolute atomic E-state index is 0.00637. The lowest BCUT2D eigenvalue weighted by atomic mass is 9.46. The molecular weight excluding hydrogens is 460 g/mol. The number of benzene rings is 2. The SMILES string of the molecule is C[C@]12CCC(=O)N[C@@H]1CC[C@H]1[C@@H]3CC[C@H](C(=O)NC(c4ccccc4)c4ccccc4)[C@@]3(C)CC(=O)[C@@H]12. The maximum Gasteiger partial charge on any atom is 0.224 e. The van der Waals surface area contributed by atoms with E-state index >= 15 is 0 Å². The fourth-order valence-corrected chi connectivity index (χ4v) is 8.85. The van der Waals surface area contributed by atoms with Gasteiger partial charge in [-0.15, -0.1) is 0 Å². The molecule has 6 rings (SSSR count). The molecule has 1 saturated heterocycles. The highest BCUT2D eigenvalue weighted by Gasteiger charge is 2.64. The average Bonchev–Trinajstić information content (AvgIpc) is 3.25. The fraction of sp³-hybridized carbons (Fsp3) is 0.531. The number of piperidine rings is 1. The highest BCUT2D eigenvalue weighted by molar-refractivity contribution is 5.88. The molecule has 2 aromatic rings. The molecule has 1 heterocycles. The van der Waals surface area contributed by atoms with Gasteiger partial charge in [-0.1, -0.05) is 74.5 Å². The number of hydrogen-bond donors (Lipinski definition) is 2. The van der Waals surface area contributed by atoms with E-state index < -0.39 is 0 Å². The summed E-state index contributed by atoms with van der Waals surface area (Å²) in [7, 11) is 0. The Bertz CT molecular complexity index is 1160. The quantitative estimate of drug-likeness (QED) is 0.608. The van der Waals surface area contributed by atoms with Gasteiger partial charge in [0.25, 0.3) is 0 Å². The lowest BCUT2D eigenvalue weighted by molar-refractivity contribution is -0.158. The Labute approximate surface area is 219 Å². The lowest BCUT2D eigenvalue weighted by Gasteiger charge is -2.59. The molecule has 0 radical (unpaired) electrons. The minimum atomic E-state index is -0.318. The number of carbonyl (C=O) groups is 3. The highest BCUT2D eigenvalue weighted by Crippen LogP contribution is 2.64. The van der Waals surface area contributed by atoms with E-state index in [9.17, 15) is 14.4 Å². The van der Waals surface area contributed by atoms with Crippen LogP contribution < -0.4 is 10.6 Å². The van der Waals surface area contributed by atoms with E-state index in [0.717, 1.165) is 43.2 Å². The van der Waals surface area contributed by atoms with Gasteiger partial charge in [0.1, 0.15) is 5.78 Å². The van der Waals surface area contributed by atoms with Gasteiger partial charge < -0.3 is 10.6 Å². The monoisotopic (exact) mass is 498 g/mol. The summed E-state index contributed by atoms with van der Waals surface area (Å²) < 4.78 is 0. The zero-order valence-corrected chi connectivity index (χ0v) is 21.9. The largest absolute Gasteiger partial charge is 0.353 e. The van der Waals surface area contributed by atoms with Crippen LogP contribution in [0.4, 0.5) is 0 Å². The summed E-state index contributed by atoms with van der Waals surface area (Å²) >= 11 is 0. The zero-order valence-electron chi connectivity index (χ0n) is 21.9. The van der Waals surface area contributed by atoms with Gasteiger partial charge in [0.15, 0.2) is 0 Å². The van der Waals surface area contributed by atoms with E-state index in [1.807, 2.05) is 36.4 Å². The highest BCUT2D eigenvalue weighted by atomic mass is 16.2. The zero-order chi connectivity index (χ0) is 25.8. The summed E-state index contributed by atoms with van der Waals surface area (Å²) in [5.74, 6) is 1.00. The van der Waals surface area contributed by atoms with E-state index in [0.29, 0.717) is 30.5 Å². The molecule has 37 heavy (non-hydrogen) atoms. The Morgan fingerprint density at radius 1 is 0.892 bits per heavy atom. The molecule has 1 aliphatic heterocycles. The number of Topliss-reactive ketones (excluding diaryl/α,β-unsaturated/α-hetero) is 1. The number of carbonyl (C=O) groups excluding carboxylic acids is 3. The molecule has 4 aliphatic rings. The van der Waals surface area contributed by atoms with Crippen molar-refractivity contribution in [2.45, 2.75) is 70.9 Å². The van der Waals surface area contributed by atoms with Crippen molar-refractivity contribution in [3.05, 3.63) is 71.8 Å². The van der Waals surface area contributed by atoms with Crippen LogP contribution in [0.2, 0.25) is 0 Å². The molecule has 5 heteroatoms. The number of hydrogen-bond acceptors (Lipinski definition) is 3. The van der Waals surface area contributed by atoms with E-state index in [2.05, 4.69) is 48.7 Å². The van der Waals surface area contributed by atoms with E-state index in [4.69, 9.17) is 0 Å². The molecule has 2 aromatic carbocycles. The van der Waals surface area contributed by atoms with Crippen LogP contribution in [0.5, 0.6) is 0 Å². The Kier molecular flexibility index (Phi) is 6.00. The Morgan fingerprint density at radius 2 is 1.54 bits per heavy atom. The predicted molar refractivity (Wildman–Crippen MR) is 142 cm³/mol. The van der Waals surface area contributed by atoms with Gasteiger partial charge in [0.2, 0.25) is 11.8 Å². The summed E-state index contributed by atoms with van der Waals surface area (Å²) in [6.45, 7) is 4.44. The Hall–Kier alpha value is -2.95. The number of fused-ring (bicyclic) bond motifs is 5. The molecule has 2 amide bonds. The number of nitrogens with one attached hydrogen (secondary N) is 2. The molecule has 0 spiro atoms. The van der Waals surface area contributed by atoms with Gasteiger partial charge in [0.05, 0.1) is 6.04 Å². The van der Waals surface area contributed by atoms with Crippen LogP contribution in [0.3, 0.4) is 0 Å². The van der Waals surface area contributed by atoms with Crippen molar-refractivity contribution in [2.75, 3.05) is 0 Å². The first kappa shape index (κ1) is 24.4. The van der Waals surface area contributed by atoms with Gasteiger partial charge in [-0.3, -0.25) is 14.4 Å². The van der Waals surface area contributed by atoms with Crippen molar-refractivity contribution in [3.63, 3.8) is 0 Å². The third-order valence-electron chi connectivity index (χ3n) is 10.6. The third-order valence-corrected chi connectivity index (χ3v) is 10.6. The summed E-state index contributed by atoms with van der Waals surface area (Å²) in [5.41, 5.74) is 1.64. The van der Waals surface area contributed by atoms with Crippen LogP contribution in [-0.4, -0.2) is 23.6 Å². The van der Waals surface area contributed by atoms with Crippen molar-refractivity contribution in [3.8, 4) is 0 Å². The van der Waals surface area contributed by atoms with Crippen LogP contribution in [-0.2, 0) is 14.4 Å². The van der Waals surface area contributed by atoms with Crippen LogP contribution in [0.25, 0.3) is 0 Å². The first-order valence-electron chi connectivity index (χ1n) is 14.0. The molecule has 4 fully saturated rings. The van der Waals surface area contributed by atoms with Crippen molar-refractivity contribution < 1.29 is 14.4 Å². The van der Waals surface area contributed by atoms with Crippen LogP contribution in [0.15, 0.2) is 60.7 Å². The smallest absolute Gasteiger partial charge is 0.224 e. The summed E-state index contributed by atoms with van der Waals surface area (Å²) in [4.78, 5) is 40.0. The summed E-state index contributed by atoms with van der Waals surface area (Å²) in [5, 5.41) is 6.60. The minimum Gasteiger partial charge on any atom is -0.353 e. The van der Waals surface area contributed by atoms with Gasteiger partial charge >= 0.3 is 0 Å². The van der Waals surface area contributed by atoms with Crippen LogP contribution >= 0.6 is 0 Å². The van der Waals surface area contributed by atoms with Gasteiger partial charge in [-0.05, 0) is 65.9 Å². The molecule has 0 unspecified atom stereocenters. The topological polar surface area (TPSA) is 75.3 Å². The number of amides is 2. The maximum absolute atomic E-state index is 14.0. The molecule has 194 valence electrons. The number of rotatable bonds is 4. The third kappa shape index (κ3) is 3.93. The molecular formula is C32H38N2O3. The van der Waals surface area contributed by atoms with Crippen molar-refractivity contribution in [2.24, 2.45) is 34.5 Å². The second-order valence-corrected chi connectivity index (χ2v) is 12.5. The van der Waals surface area contributed by atoms with Crippen molar-refractivity contribution in [1.29, 1.82) is 0 Å². The van der Waals surface area contributed by atoms with Gasteiger partial charge in [-0.2, -0.15) is 0 Å². The summed E-state index contributed by atoms with van der Waals surface area (Å²) in [6.07, 6.45) is 5.49. The van der Waals surface area contributed by atoms with Crippen molar-refractivity contribution in [1.82, 2.24) is 10.6 Å². The van der Waals surface area contributed by atoms with E-state index in [1.165, 1.54) is 0 Å². The van der Waals surface area contributed by atoms with E-state index in [1.54, 1.807) is 0 Å². The Morgan fingerprint density at radius 3 is 2.19 bits per heavy atom. The van der Waals surface area contributed by atoms with Gasteiger partial charge in [0, 0.05) is 30.7 Å². The molecule has 7 atom stereocenters. The first-order chi connectivity index (χ1) is 17.8. The van der Waals surface area contributed by atoms with Crippen molar-refractivity contribution >= 4 is 17.6 Å². The normalized spacial score (nSPS) is 36.8. The van der Waals surface area contributed by atoms with E-state index in [-0.39, 0.29) is 46.6 Å². The average molecular weight is 499 g/mol. The molecule has 5 nitrogen and oxygen atoms in total. The molecule has 0 bridgehead atoms. The summed E-state index contributed by atoms with van der Waals surface area (Å²) in [6, 6.07) is 20.2. The lowest BCUT2D eigenvalue weighted by Crippen LogP contribution is -2.63. The molecule has 0 aromatic heterocycles. The molecule has 3 saturated carbocycles. The van der Waals surface area contributed by atoms with Crippen LogP contribution in [0.1, 0.15) is 76.0 Å². The second-order valence-electron chi connectivity index (χ2n) is 12.5. The number of ketones is 1. The van der Waals surface area contributed by atoms with Crippen LogP contribution in [0, 0.1) is 34.5 Å². The molecule has 3 aliphatic carbocycles.